The smallest absolute Gasteiger partial charge is 0.258 e. The second-order valence-electron chi connectivity index (χ2n) is 5.65. The van der Waals surface area contributed by atoms with Crippen molar-refractivity contribution in [1.82, 2.24) is 4.72 Å². The molecule has 25 heavy (non-hydrogen) atoms. The molecule has 8 heteroatoms. The summed E-state index contributed by atoms with van der Waals surface area (Å²) in [5, 5.41) is 10.8. The van der Waals surface area contributed by atoms with Gasteiger partial charge in [0.1, 0.15) is 0 Å². The third-order valence-corrected chi connectivity index (χ3v) is 6.20. The van der Waals surface area contributed by atoms with E-state index in [2.05, 4.69) is 10.8 Å². The Labute approximate surface area is 151 Å². The number of nitro groups is 1. The number of nitro benzene ring substituents is 1. The maximum absolute atomic E-state index is 12.4. The van der Waals surface area contributed by atoms with Crippen LogP contribution in [-0.2, 0) is 15.8 Å². The van der Waals surface area contributed by atoms with E-state index in [0.717, 1.165) is 11.8 Å². The summed E-state index contributed by atoms with van der Waals surface area (Å²) in [4.78, 5) is 10.2. The lowest BCUT2D eigenvalue weighted by Crippen LogP contribution is -2.26. The zero-order valence-electron chi connectivity index (χ0n) is 14.1. The summed E-state index contributed by atoms with van der Waals surface area (Å²) in [5.41, 5.74) is 2.63. The second-order valence-corrected chi connectivity index (χ2v) is 8.49. The van der Waals surface area contributed by atoms with Crippen molar-refractivity contribution in [1.29, 1.82) is 0 Å². The normalized spacial score (nSPS) is 11.4. The molecule has 0 heterocycles. The van der Waals surface area contributed by atoms with E-state index in [-0.39, 0.29) is 17.1 Å². The van der Waals surface area contributed by atoms with Crippen LogP contribution in [0.4, 0.5) is 5.69 Å². The largest absolute Gasteiger partial charge is 0.270 e. The van der Waals surface area contributed by atoms with Crippen LogP contribution in [0.2, 0.25) is 0 Å². The van der Waals surface area contributed by atoms with Gasteiger partial charge in [-0.1, -0.05) is 35.9 Å². The summed E-state index contributed by atoms with van der Waals surface area (Å²) in [6.07, 6.45) is 0. The fraction of sp³-hybridized carbons (Fsp3) is 0.294. The summed E-state index contributed by atoms with van der Waals surface area (Å²) in [6, 6.07) is 12.0. The molecule has 0 bridgehead atoms. The second kappa shape index (κ2) is 8.46. The molecule has 134 valence electrons. The molecule has 0 atom stereocenters. The van der Waals surface area contributed by atoms with Gasteiger partial charge in [0.15, 0.2) is 0 Å². The van der Waals surface area contributed by atoms with Crippen LogP contribution in [0.25, 0.3) is 0 Å². The average molecular weight is 380 g/mol. The van der Waals surface area contributed by atoms with Gasteiger partial charge in [0.2, 0.25) is 10.0 Å². The fourth-order valence-electron chi connectivity index (χ4n) is 2.31. The Balaban J connectivity index is 1.91. The minimum atomic E-state index is -3.77. The summed E-state index contributed by atoms with van der Waals surface area (Å²) in [6.45, 7) is 3.91. The highest BCUT2D eigenvalue weighted by Gasteiger charge is 2.19. The van der Waals surface area contributed by atoms with Gasteiger partial charge in [-0.15, -0.1) is 0 Å². The molecule has 2 rings (SSSR count). The molecule has 0 saturated heterocycles. The minimum Gasteiger partial charge on any atom is -0.258 e. The maximum atomic E-state index is 12.4. The molecule has 0 radical (unpaired) electrons. The Morgan fingerprint density at radius 3 is 2.60 bits per heavy atom. The van der Waals surface area contributed by atoms with Crippen LogP contribution in [-0.4, -0.2) is 25.6 Å². The molecule has 0 saturated carbocycles. The van der Waals surface area contributed by atoms with Crippen molar-refractivity contribution in [3.05, 3.63) is 69.3 Å². The quantitative estimate of drug-likeness (QED) is 0.430. The Morgan fingerprint density at radius 1 is 1.16 bits per heavy atom. The van der Waals surface area contributed by atoms with Crippen LogP contribution in [0.3, 0.4) is 0 Å². The third kappa shape index (κ3) is 5.55. The number of sulfonamides is 1. The summed E-state index contributed by atoms with van der Waals surface area (Å²) in [5.74, 6) is 1.42. The van der Waals surface area contributed by atoms with E-state index < -0.39 is 14.9 Å². The molecule has 2 aromatic rings. The van der Waals surface area contributed by atoms with Crippen molar-refractivity contribution in [3.63, 3.8) is 0 Å². The van der Waals surface area contributed by atoms with Gasteiger partial charge in [-0.2, -0.15) is 11.8 Å². The molecule has 0 spiro atoms. The lowest BCUT2D eigenvalue weighted by atomic mass is 10.2. The van der Waals surface area contributed by atoms with Crippen LogP contribution in [0, 0.1) is 24.0 Å². The van der Waals surface area contributed by atoms with Crippen LogP contribution in [0.15, 0.2) is 47.4 Å². The van der Waals surface area contributed by atoms with Gasteiger partial charge < -0.3 is 0 Å². The highest BCUT2D eigenvalue weighted by atomic mass is 32.2. The number of rotatable bonds is 8. The van der Waals surface area contributed by atoms with Crippen LogP contribution >= 0.6 is 11.8 Å². The number of nitrogens with zero attached hydrogens (tertiary/aromatic N) is 1. The van der Waals surface area contributed by atoms with Crippen molar-refractivity contribution >= 4 is 27.5 Å². The van der Waals surface area contributed by atoms with E-state index in [1.807, 2.05) is 25.1 Å². The molecule has 0 aromatic heterocycles. The van der Waals surface area contributed by atoms with Crippen LogP contribution < -0.4 is 4.72 Å². The van der Waals surface area contributed by atoms with Gasteiger partial charge in [-0.05, 0) is 25.0 Å². The van der Waals surface area contributed by atoms with Crippen molar-refractivity contribution < 1.29 is 13.3 Å². The zero-order valence-corrected chi connectivity index (χ0v) is 15.7. The van der Waals surface area contributed by atoms with E-state index in [1.165, 1.54) is 23.3 Å². The topological polar surface area (TPSA) is 89.3 Å². The van der Waals surface area contributed by atoms with E-state index in [1.54, 1.807) is 18.7 Å². The zero-order chi connectivity index (χ0) is 18.4. The predicted molar refractivity (Wildman–Crippen MR) is 100 cm³/mol. The highest BCUT2D eigenvalue weighted by molar-refractivity contribution is 7.98. The van der Waals surface area contributed by atoms with E-state index in [0.29, 0.717) is 11.3 Å². The molecule has 0 fully saturated rings. The SMILES string of the molecule is Cc1cccc(CSCCNS(=O)(=O)c2cc([N+](=O)[O-])ccc2C)c1. The van der Waals surface area contributed by atoms with E-state index in [4.69, 9.17) is 0 Å². The van der Waals surface area contributed by atoms with E-state index >= 15 is 0 Å². The van der Waals surface area contributed by atoms with Crippen molar-refractivity contribution in [2.45, 2.75) is 24.5 Å². The molecule has 0 aliphatic rings. The predicted octanol–water partition coefficient (Wildman–Crippen LogP) is 3.42. The lowest BCUT2D eigenvalue weighted by Gasteiger charge is -2.09. The standard InChI is InChI=1S/C17H20N2O4S2/c1-13-4-3-5-15(10-13)12-24-9-8-18-25(22,23)17-11-16(19(20)21)7-6-14(17)2/h3-7,10-11,18H,8-9,12H2,1-2H3. The van der Waals surface area contributed by atoms with Gasteiger partial charge in [-0.25, -0.2) is 13.1 Å². The van der Waals surface area contributed by atoms with Crippen LogP contribution in [0.1, 0.15) is 16.7 Å². The molecule has 0 amide bonds. The first-order valence-corrected chi connectivity index (χ1v) is 10.3. The summed E-state index contributed by atoms with van der Waals surface area (Å²) in [7, 11) is -3.77. The molecule has 6 nitrogen and oxygen atoms in total. The first-order chi connectivity index (χ1) is 11.8. The fourth-order valence-corrected chi connectivity index (χ4v) is 4.54. The molecule has 0 unspecified atom stereocenters. The molecular formula is C17H20N2O4S2. The number of nitrogens with one attached hydrogen (secondary N) is 1. The van der Waals surface area contributed by atoms with Gasteiger partial charge in [-0.3, -0.25) is 10.1 Å². The highest BCUT2D eigenvalue weighted by Crippen LogP contribution is 2.21. The Morgan fingerprint density at radius 2 is 1.92 bits per heavy atom. The Kier molecular flexibility index (Phi) is 6.57. The van der Waals surface area contributed by atoms with Gasteiger partial charge in [0.25, 0.3) is 5.69 Å². The molecule has 0 aliphatic heterocycles. The van der Waals surface area contributed by atoms with Gasteiger partial charge in [0, 0.05) is 30.2 Å². The van der Waals surface area contributed by atoms with E-state index in [9.17, 15) is 18.5 Å². The number of benzene rings is 2. The third-order valence-electron chi connectivity index (χ3n) is 3.56. The van der Waals surface area contributed by atoms with Crippen molar-refractivity contribution in [2.75, 3.05) is 12.3 Å². The summed E-state index contributed by atoms with van der Waals surface area (Å²) >= 11 is 1.63. The first kappa shape index (κ1) is 19.4. The number of thioether (sulfide) groups is 1. The Hall–Kier alpha value is -1.90. The van der Waals surface area contributed by atoms with Crippen molar-refractivity contribution in [3.8, 4) is 0 Å². The molecule has 1 N–H and O–H groups in total. The number of aryl methyl sites for hydroxylation is 2. The number of non-ortho nitro benzene ring substituents is 1. The average Bonchev–Trinajstić information content (AvgIpc) is 2.54. The van der Waals surface area contributed by atoms with Gasteiger partial charge >= 0.3 is 0 Å². The summed E-state index contributed by atoms with van der Waals surface area (Å²) < 4.78 is 27.2. The van der Waals surface area contributed by atoms with Crippen LogP contribution in [0.5, 0.6) is 0 Å². The first-order valence-electron chi connectivity index (χ1n) is 7.67. The van der Waals surface area contributed by atoms with Gasteiger partial charge in [0.05, 0.1) is 9.82 Å². The molecular weight excluding hydrogens is 360 g/mol. The monoisotopic (exact) mass is 380 g/mol. The Bertz CT molecular complexity index is 867. The molecule has 0 aliphatic carbocycles. The maximum Gasteiger partial charge on any atom is 0.270 e. The van der Waals surface area contributed by atoms with Crippen molar-refractivity contribution in [2.24, 2.45) is 0 Å². The minimum absolute atomic E-state index is 0.0506. The lowest BCUT2D eigenvalue weighted by molar-refractivity contribution is -0.385. The molecule has 2 aromatic carbocycles. The number of hydrogen-bond donors (Lipinski definition) is 1. The number of hydrogen-bond acceptors (Lipinski definition) is 5.